The third-order valence-electron chi connectivity index (χ3n) is 3.71. The minimum Gasteiger partial charge on any atom is -1.00 e. The van der Waals surface area contributed by atoms with E-state index in [0.29, 0.717) is 5.69 Å². The summed E-state index contributed by atoms with van der Waals surface area (Å²) < 4.78 is 34.4. The molecule has 0 radical (unpaired) electrons. The molecule has 0 unspecified atom stereocenters. The molecule has 1 aromatic heterocycles. The van der Waals surface area contributed by atoms with Crippen LogP contribution in [0.15, 0.2) is 58.5 Å². The van der Waals surface area contributed by atoms with Crippen molar-refractivity contribution >= 4 is 43.6 Å². The van der Waals surface area contributed by atoms with Gasteiger partial charge >= 0.3 is 0 Å². The molecule has 0 bridgehead atoms. The van der Waals surface area contributed by atoms with Crippen molar-refractivity contribution in [2.24, 2.45) is 5.10 Å². The summed E-state index contributed by atoms with van der Waals surface area (Å²) in [5.41, 5.74) is 4.72. The highest BCUT2D eigenvalue weighted by atomic mass is 79.9. The quantitative estimate of drug-likeness (QED) is 0.241. The maximum atomic E-state index is 11.0. The molecule has 9 heteroatoms. The van der Waals surface area contributed by atoms with Crippen LogP contribution in [0.4, 0.5) is 5.69 Å². The van der Waals surface area contributed by atoms with Crippen LogP contribution in [0.3, 0.4) is 0 Å². The summed E-state index contributed by atoms with van der Waals surface area (Å²) in [6.45, 7) is 2.94. The highest BCUT2D eigenvalue weighted by molar-refractivity contribution is 7.85. The fourth-order valence-electron chi connectivity index (χ4n) is 2.50. The fourth-order valence-corrected chi connectivity index (χ4v) is 4.03. The fraction of sp³-hybridized carbons (Fsp3) is 0.176. The van der Waals surface area contributed by atoms with Gasteiger partial charge < -0.3 is 17.0 Å². The van der Waals surface area contributed by atoms with Crippen LogP contribution in [0.5, 0.6) is 0 Å². The third kappa shape index (κ3) is 4.88. The largest absolute Gasteiger partial charge is 1.00 e. The molecule has 0 saturated heterocycles. The van der Waals surface area contributed by atoms with Crippen LogP contribution in [0, 0.1) is 6.92 Å². The zero-order chi connectivity index (χ0) is 17.9. The molecular formula is C17H18BrN3O3S2. The number of nitrogens with one attached hydrogen (secondary N) is 1. The van der Waals surface area contributed by atoms with Gasteiger partial charge in [-0.05, 0) is 30.3 Å². The number of benzene rings is 2. The van der Waals surface area contributed by atoms with E-state index >= 15 is 0 Å². The van der Waals surface area contributed by atoms with E-state index < -0.39 is 10.1 Å². The first kappa shape index (κ1) is 20.5. The van der Waals surface area contributed by atoms with Crippen molar-refractivity contribution in [3.8, 4) is 0 Å². The van der Waals surface area contributed by atoms with Crippen LogP contribution in [-0.4, -0.2) is 19.2 Å². The van der Waals surface area contributed by atoms with Gasteiger partial charge in [0.15, 0.2) is 6.54 Å². The van der Waals surface area contributed by atoms with E-state index in [1.54, 1.807) is 29.7 Å². The lowest BCUT2D eigenvalue weighted by Crippen LogP contribution is -3.00. The number of anilines is 1. The second kappa shape index (κ2) is 8.72. The van der Waals surface area contributed by atoms with Gasteiger partial charge in [-0.25, -0.2) is 0 Å². The van der Waals surface area contributed by atoms with Crippen LogP contribution in [-0.2, 0) is 16.7 Å². The summed E-state index contributed by atoms with van der Waals surface area (Å²) in [5.74, 6) is 0. The number of nitrogens with zero attached hydrogens (tertiary/aromatic N) is 2. The summed E-state index contributed by atoms with van der Waals surface area (Å²) in [6, 6.07) is 14.1. The number of thiazole rings is 1. The molecule has 0 spiro atoms. The maximum absolute atomic E-state index is 11.0. The molecule has 2 aromatic carbocycles. The van der Waals surface area contributed by atoms with Crippen molar-refractivity contribution in [1.82, 2.24) is 0 Å². The topological polar surface area (TPSA) is 82.6 Å². The average molecular weight is 456 g/mol. The number of aryl methyl sites for hydroxylation is 2. The molecular weight excluding hydrogens is 438 g/mol. The van der Waals surface area contributed by atoms with Crippen molar-refractivity contribution in [3.63, 3.8) is 0 Å². The predicted molar refractivity (Wildman–Crippen MR) is 99.7 cm³/mol. The number of rotatable bonds is 6. The Morgan fingerprint density at radius 2 is 1.88 bits per heavy atom. The molecule has 3 rings (SSSR count). The standard InChI is InChI=1S/C17H17N3O3S2.BrH/c1-13-20(16-5-2-3-6-17(16)24-13)12-4-11-18-19-14-7-9-15(10-8-14)25(21,22)23;/h2-3,5-11,19H,4,12H2,1H3;1H/b18-11+;. The van der Waals surface area contributed by atoms with Crippen LogP contribution in [0.2, 0.25) is 0 Å². The van der Waals surface area contributed by atoms with Gasteiger partial charge in [-0.3, -0.25) is 9.98 Å². The Morgan fingerprint density at radius 1 is 1.19 bits per heavy atom. The zero-order valence-electron chi connectivity index (χ0n) is 14.0. The normalized spacial score (nSPS) is 11.6. The molecule has 1 heterocycles. The zero-order valence-corrected chi connectivity index (χ0v) is 17.2. The van der Waals surface area contributed by atoms with E-state index in [2.05, 4.69) is 34.2 Å². The first-order chi connectivity index (χ1) is 11.9. The Labute approximate surface area is 166 Å². The second-order valence-electron chi connectivity index (χ2n) is 5.45. The Hall–Kier alpha value is -1.81. The van der Waals surface area contributed by atoms with Crippen LogP contribution >= 0.6 is 11.3 Å². The van der Waals surface area contributed by atoms with Crippen LogP contribution < -0.4 is 27.0 Å². The SMILES string of the molecule is Cc1sc2ccccc2[n+]1CC/C=N/Nc1ccc(S(=O)(=O)O)cc1.[Br-]. The minimum absolute atomic E-state index is 0. The lowest BCUT2D eigenvalue weighted by atomic mass is 10.3. The molecule has 0 saturated carbocycles. The van der Waals surface area contributed by atoms with E-state index in [1.165, 1.54) is 27.4 Å². The number of aromatic nitrogens is 1. The van der Waals surface area contributed by atoms with Gasteiger partial charge in [0.1, 0.15) is 4.70 Å². The van der Waals surface area contributed by atoms with Gasteiger partial charge in [-0.2, -0.15) is 18.1 Å². The number of fused-ring (bicyclic) bond motifs is 1. The Balaban J connectivity index is 0.00000243. The van der Waals surface area contributed by atoms with E-state index in [9.17, 15) is 8.42 Å². The van der Waals surface area contributed by atoms with Gasteiger partial charge in [-0.1, -0.05) is 23.5 Å². The molecule has 0 aliphatic heterocycles. The number of para-hydroxylation sites is 1. The van der Waals surface area contributed by atoms with Gasteiger partial charge in [0, 0.05) is 25.6 Å². The molecule has 138 valence electrons. The first-order valence-corrected chi connectivity index (χ1v) is 9.94. The van der Waals surface area contributed by atoms with Gasteiger partial charge in [0.25, 0.3) is 10.1 Å². The van der Waals surface area contributed by atoms with Crippen molar-refractivity contribution < 1.29 is 34.5 Å². The smallest absolute Gasteiger partial charge is 0.294 e. The van der Waals surface area contributed by atoms with E-state index in [1.807, 2.05) is 12.1 Å². The van der Waals surface area contributed by atoms with Crippen LogP contribution in [0.25, 0.3) is 10.2 Å². The van der Waals surface area contributed by atoms with E-state index in [-0.39, 0.29) is 21.9 Å². The Bertz CT molecular complexity index is 1020. The van der Waals surface area contributed by atoms with Crippen molar-refractivity contribution in [2.45, 2.75) is 24.8 Å². The number of hydrazone groups is 1. The van der Waals surface area contributed by atoms with Crippen LogP contribution in [0.1, 0.15) is 11.4 Å². The third-order valence-corrected chi connectivity index (χ3v) is 5.66. The highest BCUT2D eigenvalue weighted by Gasteiger charge is 2.15. The lowest BCUT2D eigenvalue weighted by molar-refractivity contribution is -0.671. The summed E-state index contributed by atoms with van der Waals surface area (Å²) in [7, 11) is -4.16. The summed E-state index contributed by atoms with van der Waals surface area (Å²) >= 11 is 1.78. The van der Waals surface area contributed by atoms with Gasteiger partial charge in [-0.15, -0.1) is 0 Å². The highest BCUT2D eigenvalue weighted by Crippen LogP contribution is 2.19. The first-order valence-electron chi connectivity index (χ1n) is 7.68. The molecule has 0 amide bonds. The number of hydrogen-bond donors (Lipinski definition) is 2. The molecule has 0 aliphatic carbocycles. The van der Waals surface area contributed by atoms with Gasteiger partial charge in [0.05, 0.1) is 10.6 Å². The maximum Gasteiger partial charge on any atom is 0.294 e. The molecule has 0 atom stereocenters. The lowest BCUT2D eigenvalue weighted by Gasteiger charge is -2.01. The summed E-state index contributed by atoms with van der Waals surface area (Å²) in [6.07, 6.45) is 2.55. The molecule has 3 aromatic rings. The van der Waals surface area contributed by atoms with Crippen molar-refractivity contribution in [1.29, 1.82) is 0 Å². The predicted octanol–water partition coefficient (Wildman–Crippen LogP) is 0.236. The van der Waals surface area contributed by atoms with Gasteiger partial charge in [0.2, 0.25) is 10.5 Å². The molecule has 2 N–H and O–H groups in total. The monoisotopic (exact) mass is 455 g/mol. The Morgan fingerprint density at radius 3 is 2.58 bits per heavy atom. The molecule has 0 aliphatic rings. The molecule has 6 nitrogen and oxygen atoms in total. The summed E-state index contributed by atoms with van der Waals surface area (Å²) in [5, 5.41) is 5.40. The molecule has 26 heavy (non-hydrogen) atoms. The van der Waals surface area contributed by atoms with E-state index in [4.69, 9.17) is 4.55 Å². The number of halogens is 1. The number of hydrogen-bond acceptors (Lipinski definition) is 5. The average Bonchev–Trinajstić information content (AvgIpc) is 2.90. The molecule has 0 fully saturated rings. The minimum atomic E-state index is -4.16. The van der Waals surface area contributed by atoms with Crippen molar-refractivity contribution in [2.75, 3.05) is 5.43 Å². The van der Waals surface area contributed by atoms with Crippen molar-refractivity contribution in [3.05, 3.63) is 53.5 Å². The second-order valence-corrected chi connectivity index (χ2v) is 8.11. The summed E-state index contributed by atoms with van der Waals surface area (Å²) in [4.78, 5) is -0.141. The van der Waals surface area contributed by atoms with E-state index in [0.717, 1.165) is 13.0 Å². The Kier molecular flexibility index (Phi) is 6.87.